The van der Waals surface area contributed by atoms with Gasteiger partial charge in [-0.05, 0) is 55.5 Å². The highest BCUT2D eigenvalue weighted by atomic mass is 19.1. The molecular weight excluding hydrogens is 307 g/mol. The maximum absolute atomic E-state index is 13.1. The summed E-state index contributed by atoms with van der Waals surface area (Å²) >= 11 is 0. The molecule has 1 aromatic carbocycles. The van der Waals surface area contributed by atoms with E-state index in [1.54, 1.807) is 12.1 Å². The molecule has 2 saturated heterocycles. The molecule has 24 heavy (non-hydrogen) atoms. The maximum Gasteiger partial charge on any atom is 0.223 e. The van der Waals surface area contributed by atoms with Crippen LogP contribution in [0.5, 0.6) is 0 Å². The van der Waals surface area contributed by atoms with Crippen molar-refractivity contribution in [3.05, 3.63) is 35.6 Å². The Hall–Kier alpha value is -1.46. The lowest BCUT2D eigenvalue weighted by Gasteiger charge is -2.35. The summed E-state index contributed by atoms with van der Waals surface area (Å²) in [4.78, 5) is 14.6. The first-order chi connectivity index (χ1) is 11.6. The largest absolute Gasteiger partial charge is 0.370 e. The predicted molar refractivity (Wildman–Crippen MR) is 91.0 cm³/mol. The molecule has 1 aromatic rings. The number of halogens is 1. The van der Waals surface area contributed by atoms with E-state index in [1.165, 1.54) is 12.1 Å². The zero-order valence-corrected chi connectivity index (χ0v) is 14.3. The number of hydrogen-bond acceptors (Lipinski definition) is 3. The summed E-state index contributed by atoms with van der Waals surface area (Å²) in [5, 5.41) is 3.38. The van der Waals surface area contributed by atoms with E-state index < -0.39 is 0 Å². The van der Waals surface area contributed by atoms with Crippen molar-refractivity contribution in [1.82, 2.24) is 10.2 Å². The van der Waals surface area contributed by atoms with Crippen LogP contribution in [-0.4, -0.2) is 43.6 Å². The summed E-state index contributed by atoms with van der Waals surface area (Å²) in [7, 11) is 0. The number of amides is 1. The lowest BCUT2D eigenvalue weighted by molar-refractivity contribution is -0.140. The molecule has 1 N–H and O–H groups in total. The van der Waals surface area contributed by atoms with Crippen LogP contribution in [0.4, 0.5) is 4.39 Å². The Morgan fingerprint density at radius 2 is 2.04 bits per heavy atom. The van der Waals surface area contributed by atoms with Crippen LogP contribution in [0.1, 0.15) is 37.9 Å². The molecule has 2 aliphatic rings. The second-order valence-corrected chi connectivity index (χ2v) is 7.02. The van der Waals surface area contributed by atoms with Crippen molar-refractivity contribution < 1.29 is 13.9 Å². The Morgan fingerprint density at radius 1 is 1.33 bits per heavy atom. The molecule has 2 unspecified atom stereocenters. The minimum absolute atomic E-state index is 0.155. The number of carbonyl (C=O) groups excluding carboxylic acids is 1. The minimum atomic E-state index is -0.252. The second-order valence-electron chi connectivity index (χ2n) is 7.02. The van der Waals surface area contributed by atoms with Crippen LogP contribution >= 0.6 is 0 Å². The molecule has 0 aromatic heterocycles. The van der Waals surface area contributed by atoms with Gasteiger partial charge < -0.3 is 15.0 Å². The van der Waals surface area contributed by atoms with Crippen molar-refractivity contribution >= 4 is 5.91 Å². The number of ether oxygens (including phenoxy) is 1. The number of rotatable bonds is 4. The number of nitrogens with zero attached hydrogens (tertiary/aromatic N) is 1. The molecule has 2 atom stereocenters. The van der Waals surface area contributed by atoms with Gasteiger partial charge in [0, 0.05) is 13.0 Å². The summed E-state index contributed by atoms with van der Waals surface area (Å²) < 4.78 is 18.9. The zero-order chi connectivity index (χ0) is 16.9. The fourth-order valence-corrected chi connectivity index (χ4v) is 3.74. The summed E-state index contributed by atoms with van der Waals surface area (Å²) in [6, 6.07) is 6.37. The van der Waals surface area contributed by atoms with E-state index in [-0.39, 0.29) is 17.8 Å². The molecule has 0 bridgehead atoms. The standard InChI is InChI=1S/C19H27FN2O2/c1-14(15-6-8-21-9-7-15)12-19(23)22-10-11-24-18(13-22)16-2-4-17(20)5-3-16/h2-5,14-15,18,21H,6-13H2,1H3. The topological polar surface area (TPSA) is 41.6 Å². The van der Waals surface area contributed by atoms with E-state index in [1.807, 2.05) is 4.90 Å². The summed E-state index contributed by atoms with van der Waals surface area (Å²) in [5.74, 6) is 1.03. The van der Waals surface area contributed by atoms with Crippen LogP contribution in [0, 0.1) is 17.7 Å². The highest BCUT2D eigenvalue weighted by molar-refractivity contribution is 5.76. The van der Waals surface area contributed by atoms with E-state index in [0.717, 1.165) is 31.5 Å². The molecule has 0 spiro atoms. The van der Waals surface area contributed by atoms with E-state index in [0.29, 0.717) is 38.0 Å². The molecule has 0 aliphatic carbocycles. The van der Waals surface area contributed by atoms with E-state index in [4.69, 9.17) is 4.74 Å². The molecule has 0 saturated carbocycles. The first kappa shape index (κ1) is 17.4. The molecule has 3 rings (SSSR count). The van der Waals surface area contributed by atoms with Crippen molar-refractivity contribution in [2.24, 2.45) is 11.8 Å². The monoisotopic (exact) mass is 334 g/mol. The SMILES string of the molecule is CC(CC(=O)N1CCOC(c2ccc(F)cc2)C1)C1CCNCC1. The average Bonchev–Trinajstić information content (AvgIpc) is 2.63. The number of carbonyl (C=O) groups is 1. The average molecular weight is 334 g/mol. The van der Waals surface area contributed by atoms with Gasteiger partial charge in [0.25, 0.3) is 0 Å². The third-order valence-corrected chi connectivity index (χ3v) is 5.35. The third kappa shape index (κ3) is 4.33. The molecule has 0 radical (unpaired) electrons. The zero-order valence-electron chi connectivity index (χ0n) is 14.3. The number of benzene rings is 1. The van der Waals surface area contributed by atoms with Gasteiger partial charge in [-0.2, -0.15) is 0 Å². The van der Waals surface area contributed by atoms with E-state index >= 15 is 0 Å². The van der Waals surface area contributed by atoms with Crippen LogP contribution in [-0.2, 0) is 9.53 Å². The number of piperidine rings is 1. The normalized spacial score (nSPS) is 23.9. The first-order valence-corrected chi connectivity index (χ1v) is 8.99. The molecule has 4 nitrogen and oxygen atoms in total. The van der Waals surface area contributed by atoms with Gasteiger partial charge in [0.1, 0.15) is 11.9 Å². The van der Waals surface area contributed by atoms with Crippen LogP contribution < -0.4 is 5.32 Å². The predicted octanol–water partition coefficient (Wildman–Crippen LogP) is 2.75. The van der Waals surface area contributed by atoms with Gasteiger partial charge in [-0.1, -0.05) is 19.1 Å². The molecule has 2 heterocycles. The smallest absolute Gasteiger partial charge is 0.223 e. The van der Waals surface area contributed by atoms with E-state index in [2.05, 4.69) is 12.2 Å². The molecule has 2 fully saturated rings. The fraction of sp³-hybridized carbons (Fsp3) is 0.632. The summed E-state index contributed by atoms with van der Waals surface area (Å²) in [6.45, 7) is 6.07. The fourth-order valence-electron chi connectivity index (χ4n) is 3.74. The molecule has 5 heteroatoms. The van der Waals surface area contributed by atoms with Gasteiger partial charge in [0.2, 0.25) is 5.91 Å². The highest BCUT2D eigenvalue weighted by Crippen LogP contribution is 2.27. The Labute approximate surface area is 143 Å². The van der Waals surface area contributed by atoms with Gasteiger partial charge in [-0.25, -0.2) is 4.39 Å². The van der Waals surface area contributed by atoms with Gasteiger partial charge in [-0.3, -0.25) is 4.79 Å². The Kier molecular flexibility index (Phi) is 5.85. The molecule has 132 valence electrons. The van der Waals surface area contributed by atoms with Crippen molar-refractivity contribution in [2.75, 3.05) is 32.8 Å². The summed E-state index contributed by atoms with van der Waals surface area (Å²) in [5.41, 5.74) is 0.931. The summed E-state index contributed by atoms with van der Waals surface area (Å²) in [6.07, 6.45) is 2.78. The quantitative estimate of drug-likeness (QED) is 0.920. The number of morpholine rings is 1. The Bertz CT molecular complexity index is 543. The van der Waals surface area contributed by atoms with Crippen molar-refractivity contribution in [1.29, 1.82) is 0 Å². The van der Waals surface area contributed by atoms with Crippen molar-refractivity contribution in [2.45, 2.75) is 32.3 Å². The van der Waals surface area contributed by atoms with Gasteiger partial charge in [0.05, 0.1) is 13.2 Å². The van der Waals surface area contributed by atoms with Crippen LogP contribution in [0.15, 0.2) is 24.3 Å². The van der Waals surface area contributed by atoms with Crippen LogP contribution in [0.3, 0.4) is 0 Å². The van der Waals surface area contributed by atoms with Crippen LogP contribution in [0.2, 0.25) is 0 Å². The van der Waals surface area contributed by atoms with Gasteiger partial charge in [0.15, 0.2) is 0 Å². The van der Waals surface area contributed by atoms with Crippen LogP contribution in [0.25, 0.3) is 0 Å². The number of hydrogen-bond donors (Lipinski definition) is 1. The molecule has 2 aliphatic heterocycles. The van der Waals surface area contributed by atoms with Crippen molar-refractivity contribution in [3.63, 3.8) is 0 Å². The van der Waals surface area contributed by atoms with Gasteiger partial charge >= 0.3 is 0 Å². The lowest BCUT2D eigenvalue weighted by atomic mass is 9.84. The molecule has 1 amide bonds. The van der Waals surface area contributed by atoms with Gasteiger partial charge in [-0.15, -0.1) is 0 Å². The minimum Gasteiger partial charge on any atom is -0.370 e. The first-order valence-electron chi connectivity index (χ1n) is 8.99. The van der Waals surface area contributed by atoms with Crippen molar-refractivity contribution in [3.8, 4) is 0 Å². The third-order valence-electron chi connectivity index (χ3n) is 5.35. The molecular formula is C19H27FN2O2. The number of nitrogens with one attached hydrogen (secondary N) is 1. The Morgan fingerprint density at radius 3 is 2.75 bits per heavy atom. The Balaban J connectivity index is 1.55. The highest BCUT2D eigenvalue weighted by Gasteiger charge is 2.28. The van der Waals surface area contributed by atoms with E-state index in [9.17, 15) is 9.18 Å². The lowest BCUT2D eigenvalue weighted by Crippen LogP contribution is -2.43. The maximum atomic E-state index is 13.1. The second kappa shape index (κ2) is 8.08.